The summed E-state index contributed by atoms with van der Waals surface area (Å²) in [6, 6.07) is 0.508. The molecule has 1 unspecified atom stereocenters. The van der Waals surface area contributed by atoms with Crippen LogP contribution in [-0.4, -0.2) is 25.3 Å². The monoisotopic (exact) mass is 285 g/mol. The fourth-order valence-corrected chi connectivity index (χ4v) is 3.17. The Hall–Kier alpha value is -0.0800. The number of methoxy groups -OCH3 is 1. The molecule has 0 rings (SSSR count). The number of rotatable bonds is 14. The Morgan fingerprint density at radius 3 is 1.95 bits per heavy atom. The Morgan fingerprint density at radius 1 is 0.850 bits per heavy atom. The van der Waals surface area contributed by atoms with E-state index in [0.717, 1.165) is 19.4 Å². The molecule has 20 heavy (non-hydrogen) atoms. The summed E-state index contributed by atoms with van der Waals surface area (Å²) in [7, 11) is 1.88. The highest BCUT2D eigenvalue weighted by molar-refractivity contribution is 4.91. The molecule has 1 N–H and O–H groups in total. The van der Waals surface area contributed by atoms with Crippen molar-refractivity contribution in [2.75, 3.05) is 13.7 Å². The van der Waals surface area contributed by atoms with Crippen LogP contribution in [0.15, 0.2) is 0 Å². The average molecular weight is 286 g/mol. The minimum absolute atomic E-state index is 0.0264. The first-order valence-electron chi connectivity index (χ1n) is 8.99. The maximum absolute atomic E-state index is 5.93. The van der Waals surface area contributed by atoms with Crippen LogP contribution in [-0.2, 0) is 4.74 Å². The SMILES string of the molecule is CCCCCCCCC(NCCC)C(CC)(CC)OC. The van der Waals surface area contributed by atoms with Crippen LogP contribution in [0.1, 0.15) is 91.9 Å². The van der Waals surface area contributed by atoms with Crippen molar-refractivity contribution in [3.05, 3.63) is 0 Å². The Kier molecular flexibility index (Phi) is 12.6. The van der Waals surface area contributed by atoms with Crippen LogP contribution in [0.4, 0.5) is 0 Å². The normalized spacial score (nSPS) is 13.7. The average Bonchev–Trinajstić information content (AvgIpc) is 2.49. The summed E-state index contributed by atoms with van der Waals surface area (Å²) in [5.41, 5.74) is 0.0264. The molecule has 0 fully saturated rings. The Balaban J connectivity index is 4.25. The second kappa shape index (κ2) is 12.6. The maximum atomic E-state index is 5.93. The molecule has 122 valence electrons. The van der Waals surface area contributed by atoms with Crippen molar-refractivity contribution in [2.45, 2.75) is 104 Å². The molecule has 1 atom stereocenters. The number of hydrogen-bond donors (Lipinski definition) is 1. The van der Waals surface area contributed by atoms with Crippen molar-refractivity contribution >= 4 is 0 Å². The van der Waals surface area contributed by atoms with Crippen molar-refractivity contribution in [3.8, 4) is 0 Å². The first-order valence-corrected chi connectivity index (χ1v) is 8.99. The van der Waals surface area contributed by atoms with Crippen LogP contribution in [0.5, 0.6) is 0 Å². The van der Waals surface area contributed by atoms with Crippen LogP contribution >= 0.6 is 0 Å². The van der Waals surface area contributed by atoms with Crippen LogP contribution in [0, 0.1) is 0 Å². The van der Waals surface area contributed by atoms with Gasteiger partial charge in [-0.1, -0.05) is 66.2 Å². The molecule has 0 aromatic heterocycles. The van der Waals surface area contributed by atoms with E-state index in [2.05, 4.69) is 33.0 Å². The van der Waals surface area contributed by atoms with E-state index >= 15 is 0 Å². The largest absolute Gasteiger partial charge is 0.377 e. The van der Waals surface area contributed by atoms with Crippen LogP contribution in [0.25, 0.3) is 0 Å². The smallest absolute Gasteiger partial charge is 0.0825 e. The Labute approximate surface area is 128 Å². The van der Waals surface area contributed by atoms with Crippen LogP contribution < -0.4 is 5.32 Å². The highest BCUT2D eigenvalue weighted by Gasteiger charge is 2.34. The number of unbranched alkanes of at least 4 members (excludes halogenated alkanes) is 5. The molecule has 0 bridgehead atoms. The van der Waals surface area contributed by atoms with Crippen molar-refractivity contribution in [1.82, 2.24) is 5.32 Å². The topological polar surface area (TPSA) is 21.3 Å². The molecular weight excluding hydrogens is 246 g/mol. The zero-order chi connectivity index (χ0) is 15.3. The summed E-state index contributed by atoms with van der Waals surface area (Å²) < 4.78 is 5.93. The van der Waals surface area contributed by atoms with E-state index in [9.17, 15) is 0 Å². The molecule has 0 amide bonds. The van der Waals surface area contributed by atoms with Gasteiger partial charge in [0.15, 0.2) is 0 Å². The van der Waals surface area contributed by atoms with Crippen molar-refractivity contribution in [1.29, 1.82) is 0 Å². The first-order chi connectivity index (χ1) is 9.70. The molecule has 0 aliphatic rings. The fraction of sp³-hybridized carbons (Fsp3) is 1.00. The second-order valence-electron chi connectivity index (χ2n) is 6.04. The van der Waals surface area contributed by atoms with Gasteiger partial charge in [-0.2, -0.15) is 0 Å². The molecule has 0 aromatic rings. The van der Waals surface area contributed by atoms with Gasteiger partial charge in [0.25, 0.3) is 0 Å². The number of hydrogen-bond acceptors (Lipinski definition) is 2. The Morgan fingerprint density at radius 2 is 1.45 bits per heavy atom. The molecule has 0 aliphatic carbocycles. The predicted molar refractivity (Wildman–Crippen MR) is 90.4 cm³/mol. The third kappa shape index (κ3) is 7.08. The zero-order valence-corrected chi connectivity index (χ0v) is 14.8. The fourth-order valence-electron chi connectivity index (χ4n) is 3.17. The lowest BCUT2D eigenvalue weighted by Gasteiger charge is -2.39. The van der Waals surface area contributed by atoms with E-state index in [1.165, 1.54) is 51.4 Å². The van der Waals surface area contributed by atoms with Crippen LogP contribution in [0.3, 0.4) is 0 Å². The van der Waals surface area contributed by atoms with Gasteiger partial charge in [0.2, 0.25) is 0 Å². The van der Waals surface area contributed by atoms with Crippen molar-refractivity contribution in [2.24, 2.45) is 0 Å². The summed E-state index contributed by atoms with van der Waals surface area (Å²) in [6.45, 7) is 10.1. The van der Waals surface area contributed by atoms with E-state index in [0.29, 0.717) is 6.04 Å². The second-order valence-corrected chi connectivity index (χ2v) is 6.04. The molecule has 0 saturated carbocycles. The van der Waals surface area contributed by atoms with Crippen LogP contribution in [0.2, 0.25) is 0 Å². The van der Waals surface area contributed by atoms with Gasteiger partial charge in [-0.25, -0.2) is 0 Å². The molecular formula is C18H39NO. The van der Waals surface area contributed by atoms with Gasteiger partial charge in [-0.15, -0.1) is 0 Å². The lowest BCUT2D eigenvalue weighted by molar-refractivity contribution is -0.0498. The van der Waals surface area contributed by atoms with E-state index in [1.807, 2.05) is 7.11 Å². The number of ether oxygens (including phenoxy) is 1. The first kappa shape index (κ1) is 19.9. The quantitative estimate of drug-likeness (QED) is 0.437. The summed E-state index contributed by atoms with van der Waals surface area (Å²) in [5, 5.41) is 3.74. The molecule has 0 saturated heterocycles. The highest BCUT2D eigenvalue weighted by Crippen LogP contribution is 2.27. The van der Waals surface area contributed by atoms with Gasteiger partial charge in [-0.05, 0) is 32.2 Å². The van der Waals surface area contributed by atoms with Gasteiger partial charge in [0.1, 0.15) is 0 Å². The lowest BCUT2D eigenvalue weighted by Crippen LogP contribution is -2.51. The maximum Gasteiger partial charge on any atom is 0.0825 e. The van der Waals surface area contributed by atoms with E-state index in [-0.39, 0.29) is 5.60 Å². The molecule has 0 aliphatic heterocycles. The van der Waals surface area contributed by atoms with E-state index in [1.54, 1.807) is 0 Å². The van der Waals surface area contributed by atoms with Gasteiger partial charge in [0.05, 0.1) is 5.60 Å². The van der Waals surface area contributed by atoms with Gasteiger partial charge in [-0.3, -0.25) is 0 Å². The standard InChI is InChI=1S/C18H39NO/c1-6-10-11-12-13-14-15-17(19-16-7-2)18(8-3,9-4)20-5/h17,19H,6-16H2,1-5H3. The zero-order valence-electron chi connectivity index (χ0n) is 14.8. The molecule has 2 heteroatoms. The van der Waals surface area contributed by atoms with Gasteiger partial charge in [0, 0.05) is 13.2 Å². The van der Waals surface area contributed by atoms with E-state index in [4.69, 9.17) is 4.74 Å². The van der Waals surface area contributed by atoms with Gasteiger partial charge < -0.3 is 10.1 Å². The van der Waals surface area contributed by atoms with E-state index < -0.39 is 0 Å². The molecule has 0 spiro atoms. The summed E-state index contributed by atoms with van der Waals surface area (Å²) >= 11 is 0. The Bertz CT molecular complexity index is 193. The third-order valence-electron chi connectivity index (χ3n) is 4.73. The third-order valence-corrected chi connectivity index (χ3v) is 4.73. The number of nitrogens with one attached hydrogen (secondary N) is 1. The minimum Gasteiger partial charge on any atom is -0.377 e. The van der Waals surface area contributed by atoms with Crippen molar-refractivity contribution < 1.29 is 4.74 Å². The van der Waals surface area contributed by atoms with Gasteiger partial charge >= 0.3 is 0 Å². The summed E-state index contributed by atoms with van der Waals surface area (Å²) in [5.74, 6) is 0. The highest BCUT2D eigenvalue weighted by atomic mass is 16.5. The van der Waals surface area contributed by atoms with Crippen molar-refractivity contribution in [3.63, 3.8) is 0 Å². The lowest BCUT2D eigenvalue weighted by atomic mass is 9.84. The molecule has 2 nitrogen and oxygen atoms in total. The molecule has 0 heterocycles. The summed E-state index contributed by atoms with van der Waals surface area (Å²) in [6.07, 6.45) is 12.9. The molecule has 0 aromatic carbocycles. The minimum atomic E-state index is 0.0264. The predicted octanol–water partition coefficient (Wildman–Crippen LogP) is 5.31. The summed E-state index contributed by atoms with van der Waals surface area (Å²) in [4.78, 5) is 0. The molecule has 0 radical (unpaired) electrons.